The van der Waals surface area contributed by atoms with Gasteiger partial charge in [0.2, 0.25) is 0 Å². The average Bonchev–Trinajstić information content (AvgIpc) is 2.95. The maximum atomic E-state index is 13.2. The van der Waals surface area contributed by atoms with E-state index in [1.54, 1.807) is 11.8 Å². The third kappa shape index (κ3) is 4.60. The fraction of sp³-hybridized carbons (Fsp3) is 0.500. The second kappa shape index (κ2) is 8.99. The number of esters is 1. The van der Waals surface area contributed by atoms with E-state index in [1.165, 1.54) is 0 Å². The lowest BCUT2D eigenvalue weighted by Crippen LogP contribution is -2.35. The Kier molecular flexibility index (Phi) is 6.99. The van der Waals surface area contributed by atoms with Crippen LogP contribution < -0.4 is 0 Å². The first kappa shape index (κ1) is 19.4. The molecular weight excluding hydrogens is 386 g/mol. The Hall–Kier alpha value is -1.89. The molecule has 2 aromatic heterocycles. The van der Waals surface area contributed by atoms with Gasteiger partial charge in [-0.15, -0.1) is 0 Å². The lowest BCUT2D eigenvalue weighted by Gasteiger charge is -2.22. The highest BCUT2D eigenvalue weighted by atomic mass is 79.9. The Morgan fingerprint density at radius 3 is 2.64 bits per heavy atom. The standard InChI is InChI=1S/C18H24BrN3O3/c1-4-10-21(11-9-16(23)25-6-3)18(24)17-14(5-2)20-15-8-7-13(19)12-22(15)17/h7-8,12H,4-6,9-11H2,1-3H3. The third-order valence-corrected chi connectivity index (χ3v) is 4.33. The van der Waals surface area contributed by atoms with E-state index < -0.39 is 0 Å². The van der Waals surface area contributed by atoms with Crippen LogP contribution in [0, 0.1) is 0 Å². The molecule has 25 heavy (non-hydrogen) atoms. The van der Waals surface area contributed by atoms with Crippen LogP contribution in [-0.4, -0.2) is 45.9 Å². The van der Waals surface area contributed by atoms with Crippen LogP contribution in [0.4, 0.5) is 0 Å². The topological polar surface area (TPSA) is 63.9 Å². The summed E-state index contributed by atoms with van der Waals surface area (Å²) in [7, 11) is 0. The van der Waals surface area contributed by atoms with E-state index in [1.807, 2.05) is 36.6 Å². The van der Waals surface area contributed by atoms with Crippen LogP contribution in [0.1, 0.15) is 49.8 Å². The van der Waals surface area contributed by atoms with Gasteiger partial charge in [0.25, 0.3) is 5.91 Å². The van der Waals surface area contributed by atoms with Gasteiger partial charge >= 0.3 is 5.97 Å². The van der Waals surface area contributed by atoms with Crippen LogP contribution in [0.25, 0.3) is 5.65 Å². The van der Waals surface area contributed by atoms with Crippen molar-refractivity contribution in [3.8, 4) is 0 Å². The first-order chi connectivity index (χ1) is 12.0. The summed E-state index contributed by atoms with van der Waals surface area (Å²) in [6.07, 6.45) is 3.53. The van der Waals surface area contributed by atoms with Gasteiger partial charge in [-0.05, 0) is 47.8 Å². The summed E-state index contributed by atoms with van der Waals surface area (Å²) in [4.78, 5) is 31.1. The van der Waals surface area contributed by atoms with Crippen molar-refractivity contribution >= 4 is 33.5 Å². The molecule has 0 N–H and O–H groups in total. The van der Waals surface area contributed by atoms with Crippen molar-refractivity contribution < 1.29 is 14.3 Å². The van der Waals surface area contributed by atoms with Gasteiger partial charge in [0.1, 0.15) is 11.3 Å². The molecule has 0 aliphatic heterocycles. The third-order valence-electron chi connectivity index (χ3n) is 3.86. The molecule has 6 nitrogen and oxygen atoms in total. The summed E-state index contributed by atoms with van der Waals surface area (Å²) in [5, 5.41) is 0. The summed E-state index contributed by atoms with van der Waals surface area (Å²) in [6.45, 7) is 7.05. The molecule has 0 unspecified atom stereocenters. The van der Waals surface area contributed by atoms with Gasteiger partial charge < -0.3 is 9.64 Å². The van der Waals surface area contributed by atoms with E-state index in [2.05, 4.69) is 20.9 Å². The maximum Gasteiger partial charge on any atom is 0.307 e. The highest BCUT2D eigenvalue weighted by Crippen LogP contribution is 2.19. The number of hydrogen-bond donors (Lipinski definition) is 0. The van der Waals surface area contributed by atoms with Gasteiger partial charge in [-0.2, -0.15) is 0 Å². The lowest BCUT2D eigenvalue weighted by atomic mass is 10.2. The molecule has 0 saturated heterocycles. The highest BCUT2D eigenvalue weighted by molar-refractivity contribution is 9.10. The molecule has 0 aliphatic carbocycles. The number of fused-ring (bicyclic) bond motifs is 1. The fourth-order valence-corrected chi connectivity index (χ4v) is 3.07. The van der Waals surface area contributed by atoms with E-state index in [0.29, 0.717) is 31.8 Å². The van der Waals surface area contributed by atoms with Crippen molar-refractivity contribution in [3.63, 3.8) is 0 Å². The van der Waals surface area contributed by atoms with E-state index in [4.69, 9.17) is 4.74 Å². The molecule has 0 saturated carbocycles. The molecule has 2 aromatic rings. The van der Waals surface area contributed by atoms with E-state index in [9.17, 15) is 9.59 Å². The second-order valence-electron chi connectivity index (χ2n) is 5.68. The van der Waals surface area contributed by atoms with Gasteiger partial charge in [0.15, 0.2) is 0 Å². The number of nitrogens with zero attached hydrogens (tertiary/aromatic N) is 3. The fourth-order valence-electron chi connectivity index (χ4n) is 2.73. The Labute approximate surface area is 156 Å². The second-order valence-corrected chi connectivity index (χ2v) is 6.60. The molecule has 1 amide bonds. The van der Waals surface area contributed by atoms with Crippen LogP contribution in [-0.2, 0) is 16.0 Å². The minimum absolute atomic E-state index is 0.103. The Morgan fingerprint density at radius 1 is 1.24 bits per heavy atom. The number of amides is 1. The first-order valence-electron chi connectivity index (χ1n) is 8.63. The summed E-state index contributed by atoms with van der Waals surface area (Å²) in [6, 6.07) is 3.78. The minimum Gasteiger partial charge on any atom is -0.466 e. The van der Waals surface area contributed by atoms with Crippen molar-refractivity contribution in [2.24, 2.45) is 0 Å². The van der Waals surface area contributed by atoms with Crippen LogP contribution in [0.5, 0.6) is 0 Å². The van der Waals surface area contributed by atoms with Crippen molar-refractivity contribution in [3.05, 3.63) is 34.2 Å². The lowest BCUT2D eigenvalue weighted by molar-refractivity contribution is -0.143. The molecule has 0 spiro atoms. The maximum absolute atomic E-state index is 13.2. The number of aryl methyl sites for hydroxylation is 1. The van der Waals surface area contributed by atoms with Crippen molar-refractivity contribution in [1.82, 2.24) is 14.3 Å². The van der Waals surface area contributed by atoms with Crippen molar-refractivity contribution in [2.75, 3.05) is 19.7 Å². The average molecular weight is 410 g/mol. The molecule has 0 radical (unpaired) electrons. The minimum atomic E-state index is -0.284. The Balaban J connectivity index is 2.33. The van der Waals surface area contributed by atoms with Crippen LogP contribution >= 0.6 is 15.9 Å². The Bertz CT molecular complexity index is 757. The summed E-state index contributed by atoms with van der Waals surface area (Å²) >= 11 is 3.45. The molecule has 7 heteroatoms. The van der Waals surface area contributed by atoms with Gasteiger partial charge in [-0.25, -0.2) is 4.98 Å². The molecule has 0 aliphatic rings. The summed E-state index contributed by atoms with van der Waals surface area (Å²) in [5.74, 6) is -0.387. The summed E-state index contributed by atoms with van der Waals surface area (Å²) < 4.78 is 7.67. The number of aromatic nitrogens is 2. The first-order valence-corrected chi connectivity index (χ1v) is 9.42. The number of carbonyl (C=O) groups excluding carboxylic acids is 2. The van der Waals surface area contributed by atoms with Crippen LogP contribution in [0.2, 0.25) is 0 Å². The normalized spacial score (nSPS) is 10.9. The predicted molar refractivity (Wildman–Crippen MR) is 99.7 cm³/mol. The smallest absolute Gasteiger partial charge is 0.307 e. The molecule has 2 rings (SSSR count). The van der Waals surface area contributed by atoms with Crippen LogP contribution in [0.3, 0.4) is 0 Å². The zero-order chi connectivity index (χ0) is 18.4. The number of halogens is 1. The van der Waals surface area contributed by atoms with E-state index >= 15 is 0 Å². The number of imidazole rings is 1. The SMILES string of the molecule is CCCN(CCC(=O)OCC)C(=O)c1c(CC)nc2ccc(Br)cn12. The Morgan fingerprint density at radius 2 is 2.00 bits per heavy atom. The van der Waals surface area contributed by atoms with Crippen molar-refractivity contribution in [2.45, 2.75) is 40.0 Å². The van der Waals surface area contributed by atoms with E-state index in [-0.39, 0.29) is 18.3 Å². The molecule has 0 bridgehead atoms. The molecule has 0 fully saturated rings. The van der Waals surface area contributed by atoms with Crippen molar-refractivity contribution in [1.29, 1.82) is 0 Å². The predicted octanol–water partition coefficient (Wildman–Crippen LogP) is 3.46. The van der Waals surface area contributed by atoms with E-state index in [0.717, 1.165) is 22.2 Å². The zero-order valence-electron chi connectivity index (χ0n) is 14.9. The molecular formula is C18H24BrN3O3. The quantitative estimate of drug-likeness (QED) is 0.626. The number of ether oxygens (including phenoxy) is 1. The van der Waals surface area contributed by atoms with Crippen LogP contribution in [0.15, 0.2) is 22.8 Å². The monoisotopic (exact) mass is 409 g/mol. The highest BCUT2D eigenvalue weighted by Gasteiger charge is 2.24. The van der Waals surface area contributed by atoms with Gasteiger partial charge in [-0.3, -0.25) is 14.0 Å². The number of pyridine rings is 1. The molecule has 0 atom stereocenters. The molecule has 136 valence electrons. The van der Waals surface area contributed by atoms with Gasteiger partial charge in [-0.1, -0.05) is 13.8 Å². The number of hydrogen-bond acceptors (Lipinski definition) is 4. The zero-order valence-corrected chi connectivity index (χ0v) is 16.5. The summed E-state index contributed by atoms with van der Waals surface area (Å²) in [5.41, 5.74) is 2.07. The number of rotatable bonds is 8. The van der Waals surface area contributed by atoms with Gasteiger partial charge in [0, 0.05) is 23.8 Å². The molecule has 2 heterocycles. The molecule has 0 aromatic carbocycles. The van der Waals surface area contributed by atoms with Gasteiger partial charge in [0.05, 0.1) is 18.7 Å². The number of carbonyl (C=O) groups is 2. The largest absolute Gasteiger partial charge is 0.466 e.